The fourth-order valence-electron chi connectivity index (χ4n) is 3.50. The van der Waals surface area contributed by atoms with Gasteiger partial charge in [0.25, 0.3) is 0 Å². The Morgan fingerprint density at radius 3 is 2.83 bits per heavy atom. The van der Waals surface area contributed by atoms with Crippen LogP contribution in [-0.2, 0) is 4.79 Å². The molecule has 148 valence electrons. The number of thiazole rings is 1. The maximum Gasteiger partial charge on any atom is 0.321 e. The Hall–Kier alpha value is -3.33. The Bertz CT molecular complexity index is 1070. The minimum Gasteiger partial charge on any atom is -0.486 e. The van der Waals surface area contributed by atoms with Gasteiger partial charge in [0.05, 0.1) is 16.3 Å². The van der Waals surface area contributed by atoms with Gasteiger partial charge >= 0.3 is 6.03 Å². The van der Waals surface area contributed by atoms with E-state index in [1.807, 2.05) is 30.3 Å². The Balaban J connectivity index is 1.23. The molecule has 1 saturated heterocycles. The minimum absolute atomic E-state index is 0.0491. The van der Waals surface area contributed by atoms with Crippen LogP contribution in [-0.4, -0.2) is 42.7 Å². The summed E-state index contributed by atoms with van der Waals surface area (Å²) in [5.74, 6) is 1.26. The molecular weight excluding hydrogens is 392 g/mol. The third-order valence-electron chi connectivity index (χ3n) is 4.81. The van der Waals surface area contributed by atoms with E-state index in [1.54, 1.807) is 17.0 Å². The molecule has 3 aromatic rings. The highest BCUT2D eigenvalue weighted by Gasteiger charge is 2.32. The zero-order valence-electron chi connectivity index (χ0n) is 15.4. The van der Waals surface area contributed by atoms with Gasteiger partial charge in [0, 0.05) is 24.7 Å². The summed E-state index contributed by atoms with van der Waals surface area (Å²) in [4.78, 5) is 30.9. The Kier molecular flexibility index (Phi) is 4.44. The molecule has 1 fully saturated rings. The van der Waals surface area contributed by atoms with Gasteiger partial charge in [-0.3, -0.25) is 10.1 Å². The first-order valence-corrected chi connectivity index (χ1v) is 10.1. The molecule has 0 aliphatic carbocycles. The summed E-state index contributed by atoms with van der Waals surface area (Å²) in [5.41, 5.74) is 1.57. The van der Waals surface area contributed by atoms with Gasteiger partial charge in [0.15, 0.2) is 16.6 Å². The van der Waals surface area contributed by atoms with E-state index < -0.39 is 0 Å². The number of anilines is 2. The van der Waals surface area contributed by atoms with E-state index in [0.717, 1.165) is 15.9 Å². The quantitative estimate of drug-likeness (QED) is 0.693. The molecule has 0 saturated carbocycles. The Labute approximate surface area is 170 Å². The van der Waals surface area contributed by atoms with Gasteiger partial charge in [-0.2, -0.15) is 0 Å². The molecule has 0 radical (unpaired) electrons. The molecule has 0 bridgehead atoms. The average Bonchev–Trinajstić information content (AvgIpc) is 3.29. The molecular formula is C20H18N4O4S. The summed E-state index contributed by atoms with van der Waals surface area (Å²) < 4.78 is 12.1. The lowest BCUT2D eigenvalue weighted by molar-refractivity contribution is -0.117. The van der Waals surface area contributed by atoms with Gasteiger partial charge in [-0.1, -0.05) is 23.5 Å². The highest BCUT2D eigenvalue weighted by molar-refractivity contribution is 7.22. The van der Waals surface area contributed by atoms with Crippen molar-refractivity contribution in [2.45, 2.75) is 12.5 Å². The summed E-state index contributed by atoms with van der Waals surface area (Å²) in [5, 5.41) is 6.15. The number of amides is 3. The van der Waals surface area contributed by atoms with E-state index in [9.17, 15) is 9.59 Å². The zero-order valence-corrected chi connectivity index (χ0v) is 16.2. The summed E-state index contributed by atoms with van der Waals surface area (Å²) in [7, 11) is 0. The van der Waals surface area contributed by atoms with Crippen molar-refractivity contribution in [3.63, 3.8) is 0 Å². The molecule has 2 N–H and O–H groups in total. The second-order valence-electron chi connectivity index (χ2n) is 6.82. The van der Waals surface area contributed by atoms with E-state index in [1.165, 1.54) is 11.3 Å². The van der Waals surface area contributed by atoms with Crippen molar-refractivity contribution in [3.8, 4) is 11.5 Å². The summed E-state index contributed by atoms with van der Waals surface area (Å²) in [6, 6.07) is 12.5. The molecule has 29 heavy (non-hydrogen) atoms. The number of hydrogen-bond acceptors (Lipinski definition) is 6. The van der Waals surface area contributed by atoms with Crippen LogP contribution < -0.4 is 25.0 Å². The molecule has 2 aliphatic rings. The number of carbonyl (C=O) groups excluding carboxylic acids is 2. The smallest absolute Gasteiger partial charge is 0.321 e. The fourth-order valence-corrected chi connectivity index (χ4v) is 4.36. The highest BCUT2D eigenvalue weighted by atomic mass is 32.1. The molecule has 1 atom stereocenters. The first-order chi connectivity index (χ1) is 14.2. The number of rotatable bonds is 3. The highest BCUT2D eigenvalue weighted by Crippen LogP contribution is 2.35. The molecule has 9 heteroatoms. The van der Waals surface area contributed by atoms with Gasteiger partial charge in [-0.25, -0.2) is 9.78 Å². The van der Waals surface area contributed by atoms with Crippen molar-refractivity contribution >= 4 is 44.3 Å². The number of benzene rings is 2. The van der Waals surface area contributed by atoms with Crippen LogP contribution in [0.4, 0.5) is 15.6 Å². The molecule has 5 rings (SSSR count). The van der Waals surface area contributed by atoms with Crippen molar-refractivity contribution < 1.29 is 19.1 Å². The van der Waals surface area contributed by atoms with Crippen LogP contribution in [0.1, 0.15) is 6.42 Å². The summed E-state index contributed by atoms with van der Waals surface area (Å²) >= 11 is 1.41. The number of para-hydroxylation sites is 1. The van der Waals surface area contributed by atoms with Crippen LogP contribution in [0.15, 0.2) is 42.5 Å². The van der Waals surface area contributed by atoms with Gasteiger partial charge in [-0.05, 0) is 24.3 Å². The predicted molar refractivity (Wildman–Crippen MR) is 110 cm³/mol. The second kappa shape index (κ2) is 7.25. The van der Waals surface area contributed by atoms with Gasteiger partial charge < -0.3 is 19.7 Å². The molecule has 2 aliphatic heterocycles. The number of ether oxygens (including phenoxy) is 2. The molecule has 1 aromatic heterocycles. The van der Waals surface area contributed by atoms with Crippen LogP contribution >= 0.6 is 11.3 Å². The number of aromatic nitrogens is 1. The first-order valence-electron chi connectivity index (χ1n) is 9.29. The normalized spacial score (nSPS) is 18.1. The number of hydrogen-bond donors (Lipinski definition) is 2. The molecule has 3 amide bonds. The van der Waals surface area contributed by atoms with Crippen LogP contribution in [0.25, 0.3) is 10.2 Å². The van der Waals surface area contributed by atoms with Crippen molar-refractivity contribution in [1.82, 2.24) is 10.3 Å². The largest absolute Gasteiger partial charge is 0.486 e. The summed E-state index contributed by atoms with van der Waals surface area (Å²) in [6.45, 7) is 1.40. The van der Waals surface area contributed by atoms with E-state index in [4.69, 9.17) is 9.47 Å². The third-order valence-corrected chi connectivity index (χ3v) is 5.76. The van der Waals surface area contributed by atoms with E-state index in [0.29, 0.717) is 36.4 Å². The zero-order chi connectivity index (χ0) is 19.8. The first kappa shape index (κ1) is 17.7. The van der Waals surface area contributed by atoms with Crippen LogP contribution in [0.5, 0.6) is 11.5 Å². The predicted octanol–water partition coefficient (Wildman–Crippen LogP) is 2.99. The minimum atomic E-state index is -0.370. The lowest BCUT2D eigenvalue weighted by Crippen LogP contribution is -2.39. The SMILES string of the molecule is O=C(Nc1nc2ccccc2s1)N[C@@H]1CC(=O)N(c2ccc3c(c2)OCCO3)C1. The molecule has 3 heterocycles. The van der Waals surface area contributed by atoms with Crippen LogP contribution in [0.2, 0.25) is 0 Å². The molecule has 2 aromatic carbocycles. The molecule has 8 nitrogen and oxygen atoms in total. The summed E-state index contributed by atoms with van der Waals surface area (Å²) in [6.07, 6.45) is 0.238. The topological polar surface area (TPSA) is 92.8 Å². The number of carbonyl (C=O) groups is 2. The van der Waals surface area contributed by atoms with Gasteiger partial charge in [-0.15, -0.1) is 0 Å². The second-order valence-corrected chi connectivity index (χ2v) is 7.85. The van der Waals surface area contributed by atoms with E-state index in [-0.39, 0.29) is 24.4 Å². The lowest BCUT2D eigenvalue weighted by Gasteiger charge is -2.22. The lowest BCUT2D eigenvalue weighted by atomic mass is 10.2. The Morgan fingerprint density at radius 1 is 1.14 bits per heavy atom. The van der Waals surface area contributed by atoms with Crippen molar-refractivity contribution in [3.05, 3.63) is 42.5 Å². The average molecular weight is 410 g/mol. The molecule has 0 unspecified atom stereocenters. The number of urea groups is 1. The Morgan fingerprint density at radius 2 is 1.97 bits per heavy atom. The van der Waals surface area contributed by atoms with E-state index in [2.05, 4.69) is 15.6 Å². The third kappa shape index (κ3) is 3.56. The fraction of sp³-hybridized carbons (Fsp3) is 0.250. The van der Waals surface area contributed by atoms with Gasteiger partial charge in [0.1, 0.15) is 13.2 Å². The number of nitrogens with zero attached hydrogens (tertiary/aromatic N) is 2. The van der Waals surface area contributed by atoms with Crippen molar-refractivity contribution in [1.29, 1.82) is 0 Å². The maximum absolute atomic E-state index is 12.5. The standard InChI is InChI=1S/C20H18N4O4S/c25-18-9-12(11-24(18)13-5-6-15-16(10-13)28-8-7-27-15)21-19(26)23-20-22-14-3-1-2-4-17(14)29-20/h1-6,10,12H,7-9,11H2,(H2,21,22,23,26)/t12-/m1/s1. The number of fused-ring (bicyclic) bond motifs is 2. The number of nitrogens with one attached hydrogen (secondary N) is 2. The van der Waals surface area contributed by atoms with Crippen LogP contribution in [0.3, 0.4) is 0 Å². The maximum atomic E-state index is 12.5. The monoisotopic (exact) mass is 410 g/mol. The van der Waals surface area contributed by atoms with Crippen LogP contribution in [0, 0.1) is 0 Å². The van der Waals surface area contributed by atoms with Crippen molar-refractivity contribution in [2.75, 3.05) is 30.0 Å². The van der Waals surface area contributed by atoms with Crippen molar-refractivity contribution in [2.24, 2.45) is 0 Å². The van der Waals surface area contributed by atoms with Gasteiger partial charge in [0.2, 0.25) is 5.91 Å². The molecule has 0 spiro atoms. The van der Waals surface area contributed by atoms with E-state index >= 15 is 0 Å².